The van der Waals surface area contributed by atoms with Gasteiger partial charge in [-0.1, -0.05) is 41.4 Å². The number of rotatable bonds is 6. The third-order valence-electron chi connectivity index (χ3n) is 4.05. The number of halogens is 3. The van der Waals surface area contributed by atoms with E-state index in [0.29, 0.717) is 32.5 Å². The van der Waals surface area contributed by atoms with Gasteiger partial charge in [0, 0.05) is 10.6 Å². The molecule has 0 aliphatic heterocycles. The molecule has 148 valence electrons. The average molecular weight is 431 g/mol. The van der Waals surface area contributed by atoms with Gasteiger partial charge in [-0.2, -0.15) is 5.10 Å². The topological polar surface area (TPSA) is 50.7 Å². The molecule has 7 heteroatoms. The van der Waals surface area contributed by atoms with Crippen LogP contribution < -0.4 is 10.2 Å². The van der Waals surface area contributed by atoms with Gasteiger partial charge in [0.05, 0.1) is 11.2 Å². The molecule has 3 aromatic rings. The normalized spacial score (nSPS) is 10.9. The van der Waals surface area contributed by atoms with Crippen LogP contribution in [0.3, 0.4) is 0 Å². The van der Waals surface area contributed by atoms with Crippen molar-refractivity contribution < 1.29 is 13.9 Å². The van der Waals surface area contributed by atoms with Crippen LogP contribution in [0.5, 0.6) is 5.75 Å². The fourth-order valence-corrected chi connectivity index (χ4v) is 2.89. The van der Waals surface area contributed by atoms with Crippen molar-refractivity contribution in [1.82, 2.24) is 5.43 Å². The average Bonchev–Trinajstić information content (AvgIpc) is 2.69. The molecule has 0 radical (unpaired) electrons. The Balaban J connectivity index is 1.59. The summed E-state index contributed by atoms with van der Waals surface area (Å²) >= 11 is 12.3. The molecule has 0 aromatic heterocycles. The number of hydrogen-bond acceptors (Lipinski definition) is 3. The maximum atomic E-state index is 13.2. The Morgan fingerprint density at radius 3 is 2.66 bits per heavy atom. The number of ether oxygens (including phenoxy) is 1. The first-order chi connectivity index (χ1) is 13.9. The molecule has 0 bridgehead atoms. The minimum atomic E-state index is -0.371. The van der Waals surface area contributed by atoms with Crippen molar-refractivity contribution in [3.63, 3.8) is 0 Å². The Labute approximate surface area is 177 Å². The molecule has 0 unspecified atom stereocenters. The Kier molecular flexibility index (Phi) is 6.86. The van der Waals surface area contributed by atoms with Gasteiger partial charge in [0.25, 0.3) is 5.91 Å². The number of hydrazone groups is 1. The first-order valence-electron chi connectivity index (χ1n) is 8.69. The third kappa shape index (κ3) is 5.79. The third-order valence-corrected chi connectivity index (χ3v) is 4.76. The molecule has 29 heavy (non-hydrogen) atoms. The van der Waals surface area contributed by atoms with E-state index in [4.69, 9.17) is 27.9 Å². The van der Waals surface area contributed by atoms with E-state index in [1.54, 1.807) is 48.5 Å². The van der Waals surface area contributed by atoms with Gasteiger partial charge in [0.15, 0.2) is 0 Å². The maximum Gasteiger partial charge on any atom is 0.271 e. The first-order valence-corrected chi connectivity index (χ1v) is 9.44. The summed E-state index contributed by atoms with van der Waals surface area (Å²) in [5.74, 6) is -0.227. The molecule has 0 aliphatic carbocycles. The van der Waals surface area contributed by atoms with Crippen LogP contribution in [0.25, 0.3) is 0 Å². The number of aryl methyl sites for hydroxylation is 1. The number of carbonyl (C=O) groups excluding carboxylic acids is 1. The van der Waals surface area contributed by atoms with Gasteiger partial charge in [-0.3, -0.25) is 4.79 Å². The van der Waals surface area contributed by atoms with Gasteiger partial charge in [-0.15, -0.1) is 0 Å². The van der Waals surface area contributed by atoms with E-state index in [0.717, 1.165) is 5.56 Å². The molecular weight excluding hydrogens is 414 g/mol. The highest BCUT2D eigenvalue weighted by Crippen LogP contribution is 2.26. The minimum Gasteiger partial charge on any atom is -0.487 e. The molecule has 0 spiro atoms. The molecule has 1 amide bonds. The van der Waals surface area contributed by atoms with Crippen molar-refractivity contribution in [1.29, 1.82) is 0 Å². The second kappa shape index (κ2) is 9.54. The molecule has 0 aliphatic rings. The van der Waals surface area contributed by atoms with Gasteiger partial charge < -0.3 is 4.74 Å². The summed E-state index contributed by atoms with van der Waals surface area (Å²) in [6.45, 7) is 2.05. The zero-order valence-electron chi connectivity index (χ0n) is 15.5. The summed E-state index contributed by atoms with van der Waals surface area (Å²) in [7, 11) is 0. The van der Waals surface area contributed by atoms with Gasteiger partial charge in [-0.05, 0) is 66.1 Å². The van der Waals surface area contributed by atoms with Crippen molar-refractivity contribution in [2.24, 2.45) is 5.10 Å². The van der Waals surface area contributed by atoms with E-state index in [1.165, 1.54) is 18.3 Å². The van der Waals surface area contributed by atoms with E-state index < -0.39 is 0 Å². The van der Waals surface area contributed by atoms with E-state index in [-0.39, 0.29) is 18.3 Å². The highest BCUT2D eigenvalue weighted by molar-refractivity contribution is 6.32. The molecule has 0 saturated carbocycles. The van der Waals surface area contributed by atoms with Gasteiger partial charge in [0.1, 0.15) is 18.2 Å². The first kappa shape index (κ1) is 20.8. The molecule has 0 fully saturated rings. The number of amides is 1. The summed E-state index contributed by atoms with van der Waals surface area (Å²) in [4.78, 5) is 12.1. The van der Waals surface area contributed by atoms with Crippen LogP contribution in [-0.2, 0) is 6.61 Å². The van der Waals surface area contributed by atoms with Crippen LogP contribution in [0.4, 0.5) is 4.39 Å². The highest BCUT2D eigenvalue weighted by atomic mass is 35.5. The van der Waals surface area contributed by atoms with E-state index in [9.17, 15) is 9.18 Å². The van der Waals surface area contributed by atoms with Crippen LogP contribution in [0.2, 0.25) is 10.0 Å². The molecule has 1 N–H and O–H groups in total. The SMILES string of the molecule is Cc1ccc(C(=O)N/N=C\c2ccc(OCc3cccc(F)c3)c(Cl)c2)cc1Cl. The second-order valence-corrected chi connectivity index (χ2v) is 7.09. The zero-order chi connectivity index (χ0) is 20.8. The minimum absolute atomic E-state index is 0.195. The van der Waals surface area contributed by atoms with Crippen LogP contribution >= 0.6 is 23.2 Å². The molecule has 0 heterocycles. The smallest absolute Gasteiger partial charge is 0.271 e. The predicted molar refractivity (Wildman–Crippen MR) is 113 cm³/mol. The molecule has 0 atom stereocenters. The lowest BCUT2D eigenvalue weighted by atomic mass is 10.1. The lowest BCUT2D eigenvalue weighted by molar-refractivity contribution is 0.0955. The van der Waals surface area contributed by atoms with E-state index in [1.807, 2.05) is 6.92 Å². The summed E-state index contributed by atoms with van der Waals surface area (Å²) in [5, 5.41) is 4.83. The Bertz CT molecular complexity index is 1070. The van der Waals surface area contributed by atoms with Gasteiger partial charge in [0.2, 0.25) is 0 Å². The summed E-state index contributed by atoms with van der Waals surface area (Å²) < 4.78 is 18.8. The summed E-state index contributed by atoms with van der Waals surface area (Å²) in [5.41, 5.74) is 5.12. The monoisotopic (exact) mass is 430 g/mol. The number of benzene rings is 3. The lowest BCUT2D eigenvalue weighted by Crippen LogP contribution is -2.17. The quantitative estimate of drug-likeness (QED) is 0.397. The number of hydrogen-bond donors (Lipinski definition) is 1. The largest absolute Gasteiger partial charge is 0.487 e. The number of carbonyl (C=O) groups is 1. The number of nitrogens with zero attached hydrogens (tertiary/aromatic N) is 1. The van der Waals surface area contributed by atoms with E-state index >= 15 is 0 Å². The highest BCUT2D eigenvalue weighted by Gasteiger charge is 2.07. The molecule has 3 rings (SSSR count). The fraction of sp³-hybridized carbons (Fsp3) is 0.0909. The van der Waals surface area contributed by atoms with Gasteiger partial charge >= 0.3 is 0 Å². The van der Waals surface area contributed by atoms with E-state index in [2.05, 4.69) is 10.5 Å². The van der Waals surface area contributed by atoms with Crippen molar-refractivity contribution in [2.45, 2.75) is 13.5 Å². The van der Waals surface area contributed by atoms with Crippen LogP contribution in [0, 0.1) is 12.7 Å². The van der Waals surface area contributed by atoms with Crippen molar-refractivity contribution in [2.75, 3.05) is 0 Å². The molecule has 3 aromatic carbocycles. The Morgan fingerprint density at radius 2 is 1.93 bits per heavy atom. The van der Waals surface area contributed by atoms with Crippen molar-refractivity contribution in [3.05, 3.63) is 98.8 Å². The number of nitrogens with one attached hydrogen (secondary N) is 1. The van der Waals surface area contributed by atoms with Gasteiger partial charge in [-0.25, -0.2) is 9.82 Å². The Hall–Kier alpha value is -2.89. The maximum absolute atomic E-state index is 13.2. The second-order valence-electron chi connectivity index (χ2n) is 6.27. The van der Waals surface area contributed by atoms with Crippen LogP contribution in [-0.4, -0.2) is 12.1 Å². The van der Waals surface area contributed by atoms with Crippen molar-refractivity contribution >= 4 is 35.3 Å². The lowest BCUT2D eigenvalue weighted by Gasteiger charge is -2.09. The predicted octanol–water partition coefficient (Wildman–Crippen LogP) is 5.78. The summed E-state index contributed by atoms with van der Waals surface area (Å²) in [6.07, 6.45) is 1.47. The fourth-order valence-electron chi connectivity index (χ4n) is 2.47. The molecular formula is C22H17Cl2FN2O2. The Morgan fingerprint density at radius 1 is 1.10 bits per heavy atom. The standard InChI is InChI=1S/C22H17Cl2FN2O2/c1-14-5-7-17(11-19(14)23)22(28)27-26-12-15-6-8-21(20(24)10-15)29-13-16-3-2-4-18(25)9-16/h2-12H,13H2,1H3,(H,27,28)/b26-12-. The molecule has 0 saturated heterocycles. The summed E-state index contributed by atoms with van der Waals surface area (Å²) in [6, 6.07) is 16.3. The molecule has 4 nitrogen and oxygen atoms in total. The van der Waals surface area contributed by atoms with Crippen LogP contribution in [0.15, 0.2) is 65.8 Å². The zero-order valence-corrected chi connectivity index (χ0v) is 17.0. The van der Waals surface area contributed by atoms with Crippen LogP contribution in [0.1, 0.15) is 27.0 Å². The van der Waals surface area contributed by atoms with Crippen molar-refractivity contribution in [3.8, 4) is 5.75 Å².